The van der Waals surface area contributed by atoms with Crippen LogP contribution in [0.5, 0.6) is 0 Å². The molecule has 77 valence electrons. The van der Waals surface area contributed by atoms with E-state index in [1.165, 1.54) is 19.3 Å². The van der Waals surface area contributed by atoms with Gasteiger partial charge in [-0.25, -0.2) is 4.79 Å². The van der Waals surface area contributed by atoms with Gasteiger partial charge in [-0.1, -0.05) is 19.3 Å². The molecule has 14 heavy (non-hydrogen) atoms. The fourth-order valence-corrected chi connectivity index (χ4v) is 2.27. The Hall–Kier alpha value is -1.06. The molecule has 0 bridgehead atoms. The van der Waals surface area contributed by atoms with E-state index in [0.717, 1.165) is 12.8 Å². The summed E-state index contributed by atoms with van der Waals surface area (Å²) >= 11 is 0. The van der Waals surface area contributed by atoms with Crippen molar-refractivity contribution in [2.24, 2.45) is 0 Å². The van der Waals surface area contributed by atoms with Crippen molar-refractivity contribution in [1.29, 1.82) is 0 Å². The van der Waals surface area contributed by atoms with Crippen LogP contribution in [0.3, 0.4) is 0 Å². The molecule has 0 spiro atoms. The van der Waals surface area contributed by atoms with Gasteiger partial charge in [0.25, 0.3) is 5.91 Å². The van der Waals surface area contributed by atoms with Crippen LogP contribution in [0.25, 0.3) is 0 Å². The molecule has 1 saturated heterocycles. The van der Waals surface area contributed by atoms with Gasteiger partial charge in [-0.3, -0.25) is 4.79 Å². The lowest BCUT2D eigenvalue weighted by molar-refractivity contribution is -0.122. The molecule has 0 aromatic rings. The lowest BCUT2D eigenvalue weighted by Crippen LogP contribution is -2.50. The lowest BCUT2D eigenvalue weighted by Gasteiger charge is -2.35. The van der Waals surface area contributed by atoms with E-state index < -0.39 is 0 Å². The van der Waals surface area contributed by atoms with Crippen molar-refractivity contribution in [2.75, 3.05) is 6.54 Å². The molecule has 0 atom stereocenters. The highest BCUT2D eigenvalue weighted by molar-refractivity contribution is 5.96. The summed E-state index contributed by atoms with van der Waals surface area (Å²) in [4.78, 5) is 24.1. The normalized spacial score (nSPS) is 25.0. The van der Waals surface area contributed by atoms with E-state index in [1.54, 1.807) is 4.90 Å². The summed E-state index contributed by atoms with van der Waals surface area (Å²) in [6.45, 7) is 0.575. The second-order valence-electron chi connectivity index (χ2n) is 4.02. The van der Waals surface area contributed by atoms with Gasteiger partial charge in [0.15, 0.2) is 0 Å². The Morgan fingerprint density at radius 2 is 1.86 bits per heavy atom. The Morgan fingerprint density at radius 1 is 1.14 bits per heavy atom. The SMILES string of the molecule is O=C1CCN(C2CCCCC2)C(=O)[N]1. The lowest BCUT2D eigenvalue weighted by atomic mass is 9.94. The molecule has 0 aromatic carbocycles. The Morgan fingerprint density at radius 3 is 2.50 bits per heavy atom. The highest BCUT2D eigenvalue weighted by Crippen LogP contribution is 2.23. The second kappa shape index (κ2) is 3.98. The van der Waals surface area contributed by atoms with Crippen molar-refractivity contribution in [3.05, 3.63) is 0 Å². The Balaban J connectivity index is 1.95. The van der Waals surface area contributed by atoms with Gasteiger partial charge in [0.1, 0.15) is 0 Å². The van der Waals surface area contributed by atoms with Crippen molar-refractivity contribution in [3.8, 4) is 0 Å². The number of imide groups is 1. The average Bonchev–Trinajstić information content (AvgIpc) is 2.19. The number of amides is 3. The molecule has 1 radical (unpaired) electrons. The summed E-state index contributed by atoms with van der Waals surface area (Å²) in [6.07, 6.45) is 6.23. The summed E-state index contributed by atoms with van der Waals surface area (Å²) in [6, 6.07) is 0.0289. The van der Waals surface area contributed by atoms with Crippen LogP contribution in [-0.2, 0) is 4.79 Å². The zero-order valence-electron chi connectivity index (χ0n) is 8.24. The Labute approximate surface area is 83.6 Å². The van der Waals surface area contributed by atoms with E-state index >= 15 is 0 Å². The number of nitrogens with zero attached hydrogens (tertiary/aromatic N) is 2. The first kappa shape index (κ1) is 9.49. The predicted octanol–water partition coefficient (Wildman–Crippen LogP) is 1.28. The number of rotatable bonds is 1. The fourth-order valence-electron chi connectivity index (χ4n) is 2.27. The topological polar surface area (TPSA) is 51.5 Å². The smallest absolute Gasteiger partial charge is 0.319 e. The molecule has 2 fully saturated rings. The van der Waals surface area contributed by atoms with Gasteiger partial charge in [-0.2, -0.15) is 5.32 Å². The van der Waals surface area contributed by atoms with Crippen LogP contribution < -0.4 is 5.32 Å². The summed E-state index contributed by atoms with van der Waals surface area (Å²) in [5, 5.41) is 3.49. The fraction of sp³-hybridized carbons (Fsp3) is 0.800. The monoisotopic (exact) mass is 195 g/mol. The van der Waals surface area contributed by atoms with Crippen molar-refractivity contribution >= 4 is 11.9 Å². The summed E-state index contributed by atoms with van der Waals surface area (Å²) in [5.41, 5.74) is 0. The maximum Gasteiger partial charge on any atom is 0.346 e. The van der Waals surface area contributed by atoms with E-state index in [-0.39, 0.29) is 11.9 Å². The second-order valence-corrected chi connectivity index (χ2v) is 4.02. The molecule has 2 rings (SSSR count). The minimum Gasteiger partial charge on any atom is -0.319 e. The molecular formula is C10H15N2O2. The van der Waals surface area contributed by atoms with Crippen molar-refractivity contribution in [3.63, 3.8) is 0 Å². The van der Waals surface area contributed by atoms with Gasteiger partial charge in [-0.15, -0.1) is 0 Å². The third-order valence-electron chi connectivity index (χ3n) is 3.05. The van der Waals surface area contributed by atoms with Gasteiger partial charge in [0.05, 0.1) is 0 Å². The first-order valence-electron chi connectivity index (χ1n) is 5.32. The average molecular weight is 195 g/mol. The maximum absolute atomic E-state index is 11.4. The van der Waals surface area contributed by atoms with Gasteiger partial charge >= 0.3 is 6.03 Å². The standard InChI is InChI=1S/C10H15N2O2/c13-9-6-7-12(10(14)11-9)8-4-2-1-3-5-8/h8H,1-7H2. The molecule has 3 amide bonds. The molecular weight excluding hydrogens is 180 g/mol. The Kier molecular flexibility index (Phi) is 2.70. The molecule has 1 aliphatic carbocycles. The van der Waals surface area contributed by atoms with Gasteiger partial charge in [0.2, 0.25) is 0 Å². The number of carbonyl (C=O) groups is 2. The largest absolute Gasteiger partial charge is 0.346 e. The van der Waals surface area contributed by atoms with Crippen molar-refractivity contribution in [2.45, 2.75) is 44.6 Å². The van der Waals surface area contributed by atoms with Crippen LogP contribution in [0.15, 0.2) is 0 Å². The molecule has 0 aromatic heterocycles. The molecule has 0 N–H and O–H groups in total. The van der Waals surface area contributed by atoms with E-state index in [1.807, 2.05) is 0 Å². The first-order valence-corrected chi connectivity index (χ1v) is 5.32. The zero-order chi connectivity index (χ0) is 9.97. The number of urea groups is 1. The highest BCUT2D eigenvalue weighted by Gasteiger charge is 2.31. The minimum atomic E-state index is -0.312. The molecule has 1 heterocycles. The van der Waals surface area contributed by atoms with Crippen LogP contribution in [0, 0.1) is 0 Å². The van der Waals surface area contributed by atoms with Crippen LogP contribution in [0.4, 0.5) is 4.79 Å². The maximum atomic E-state index is 11.4. The van der Waals surface area contributed by atoms with E-state index in [2.05, 4.69) is 5.32 Å². The molecule has 4 nitrogen and oxygen atoms in total. The summed E-state index contributed by atoms with van der Waals surface area (Å²) in [5.74, 6) is -0.262. The van der Waals surface area contributed by atoms with Crippen LogP contribution >= 0.6 is 0 Å². The number of hydrogen-bond acceptors (Lipinski definition) is 2. The van der Waals surface area contributed by atoms with Gasteiger partial charge < -0.3 is 4.90 Å². The summed E-state index contributed by atoms with van der Waals surface area (Å²) < 4.78 is 0. The number of carbonyl (C=O) groups excluding carboxylic acids is 2. The van der Waals surface area contributed by atoms with Crippen LogP contribution in [0.1, 0.15) is 38.5 Å². The Bertz CT molecular complexity index is 247. The molecule has 2 aliphatic rings. The van der Waals surface area contributed by atoms with Crippen LogP contribution in [-0.4, -0.2) is 29.4 Å². The number of hydrogen-bond donors (Lipinski definition) is 0. The van der Waals surface area contributed by atoms with Gasteiger partial charge in [-0.05, 0) is 12.8 Å². The highest BCUT2D eigenvalue weighted by atomic mass is 16.2. The van der Waals surface area contributed by atoms with Crippen molar-refractivity contribution < 1.29 is 9.59 Å². The van der Waals surface area contributed by atoms with E-state index in [4.69, 9.17) is 0 Å². The van der Waals surface area contributed by atoms with E-state index in [9.17, 15) is 9.59 Å². The predicted molar refractivity (Wildman–Crippen MR) is 50.7 cm³/mol. The molecule has 0 unspecified atom stereocenters. The first-order chi connectivity index (χ1) is 6.77. The third kappa shape index (κ3) is 1.89. The van der Waals surface area contributed by atoms with Crippen molar-refractivity contribution in [1.82, 2.24) is 10.2 Å². The zero-order valence-corrected chi connectivity index (χ0v) is 8.24. The third-order valence-corrected chi connectivity index (χ3v) is 3.05. The van der Waals surface area contributed by atoms with E-state index in [0.29, 0.717) is 19.0 Å². The van der Waals surface area contributed by atoms with Gasteiger partial charge in [0, 0.05) is 19.0 Å². The summed E-state index contributed by atoms with van der Waals surface area (Å²) in [7, 11) is 0. The molecule has 1 aliphatic heterocycles. The van der Waals surface area contributed by atoms with Crippen LogP contribution in [0.2, 0.25) is 0 Å². The molecule has 4 heteroatoms. The minimum absolute atomic E-state index is 0.262. The quantitative estimate of drug-likeness (QED) is 0.632. The molecule has 1 saturated carbocycles.